The molecule has 4 amide bonds. The van der Waals surface area contributed by atoms with E-state index in [0.29, 0.717) is 38.1 Å². The summed E-state index contributed by atoms with van der Waals surface area (Å²) in [6.45, 7) is 4.33. The first kappa shape index (κ1) is 28.8. The molecule has 1 heterocycles. The van der Waals surface area contributed by atoms with E-state index in [1.165, 1.54) is 0 Å². The first-order valence-corrected chi connectivity index (χ1v) is 13.8. The van der Waals surface area contributed by atoms with E-state index in [0.717, 1.165) is 28.2 Å². The van der Waals surface area contributed by atoms with Crippen molar-refractivity contribution in [2.45, 2.75) is 64.1 Å². The van der Waals surface area contributed by atoms with Gasteiger partial charge in [-0.25, -0.2) is 9.78 Å². The molecular weight excluding hydrogens is 498 g/mol. The Morgan fingerprint density at radius 1 is 0.895 bits per heavy atom. The zero-order valence-corrected chi connectivity index (χ0v) is 22.8. The van der Waals surface area contributed by atoms with Crippen molar-refractivity contribution in [1.29, 1.82) is 0 Å². The van der Waals surface area contributed by atoms with Crippen molar-refractivity contribution in [3.63, 3.8) is 0 Å². The van der Waals surface area contributed by atoms with Gasteiger partial charge in [0.1, 0.15) is 0 Å². The number of rotatable bonds is 15. The smallest absolute Gasteiger partial charge is 0.315 e. The van der Waals surface area contributed by atoms with Gasteiger partial charge in [-0.3, -0.25) is 9.59 Å². The highest BCUT2D eigenvalue weighted by atomic mass is 32.1. The third-order valence-electron chi connectivity index (χ3n) is 6.09. The van der Waals surface area contributed by atoms with Crippen LogP contribution in [0.4, 0.5) is 4.79 Å². The van der Waals surface area contributed by atoms with E-state index in [-0.39, 0.29) is 24.5 Å². The van der Waals surface area contributed by atoms with Crippen LogP contribution in [0.25, 0.3) is 0 Å². The van der Waals surface area contributed by atoms with Crippen LogP contribution in [0.3, 0.4) is 0 Å². The van der Waals surface area contributed by atoms with E-state index in [1.807, 2.05) is 66.0 Å². The molecule has 202 valence electrons. The Balaban J connectivity index is 1.51. The first-order chi connectivity index (χ1) is 18.4. The summed E-state index contributed by atoms with van der Waals surface area (Å²) in [5.41, 5.74) is 3.05. The van der Waals surface area contributed by atoms with Crippen LogP contribution in [0.15, 0.2) is 66.0 Å². The van der Waals surface area contributed by atoms with Crippen molar-refractivity contribution in [2.24, 2.45) is 0 Å². The van der Waals surface area contributed by atoms with Gasteiger partial charge in [0.25, 0.3) is 0 Å². The number of hydrogen-bond acceptors (Lipinski definition) is 5. The number of amides is 4. The third-order valence-corrected chi connectivity index (χ3v) is 7.28. The molecule has 0 aliphatic carbocycles. The van der Waals surface area contributed by atoms with E-state index in [9.17, 15) is 14.4 Å². The minimum absolute atomic E-state index is 0.0455. The monoisotopic (exact) mass is 535 g/mol. The molecule has 0 bridgehead atoms. The summed E-state index contributed by atoms with van der Waals surface area (Å²) in [6.07, 6.45) is 3.47. The highest BCUT2D eigenvalue weighted by Gasteiger charge is 2.17. The Labute approximate surface area is 228 Å². The molecule has 2 atom stereocenters. The minimum Gasteiger partial charge on any atom is -0.356 e. The van der Waals surface area contributed by atoms with Gasteiger partial charge in [-0.1, -0.05) is 74.5 Å². The maximum Gasteiger partial charge on any atom is 0.315 e. The zero-order valence-electron chi connectivity index (χ0n) is 22.0. The molecule has 1 aromatic heterocycles. The van der Waals surface area contributed by atoms with Crippen LogP contribution in [0.2, 0.25) is 0 Å². The number of urea groups is 1. The molecule has 2 unspecified atom stereocenters. The van der Waals surface area contributed by atoms with Crippen LogP contribution in [-0.4, -0.2) is 42.0 Å². The van der Waals surface area contributed by atoms with Gasteiger partial charge >= 0.3 is 6.03 Å². The number of hydrogen-bond donors (Lipinski definition) is 4. The van der Waals surface area contributed by atoms with Gasteiger partial charge in [0.05, 0.1) is 23.8 Å². The molecular formula is C29H37N5O3S. The number of nitrogens with zero attached hydrogens (tertiary/aromatic N) is 1. The number of nitrogens with one attached hydrogen (secondary N) is 4. The van der Waals surface area contributed by atoms with E-state index in [2.05, 4.69) is 40.1 Å². The number of aromatic nitrogens is 1. The molecule has 0 radical (unpaired) electrons. The Morgan fingerprint density at radius 3 is 2.08 bits per heavy atom. The van der Waals surface area contributed by atoms with Gasteiger partial charge in [-0.05, 0) is 36.8 Å². The predicted octanol–water partition coefficient (Wildman–Crippen LogP) is 3.93. The summed E-state index contributed by atoms with van der Waals surface area (Å²) in [4.78, 5) is 40.7. The van der Waals surface area contributed by atoms with Crippen molar-refractivity contribution >= 4 is 29.7 Å². The Hall–Kier alpha value is -3.72. The standard InChI is InChI=1S/C29H37N5O3S/c1-21(2)28-34-26(19-38-28)17-30-29(37)31-18-27(36)33-25(16-23-11-7-4-8-12-23)14-13-24(32-20-35)15-22-9-5-3-6-10-22/h3-12,19-21,24-25H,13-18H2,1-2H3,(H,32,35)(H,33,36)(H2,30,31,37). The van der Waals surface area contributed by atoms with Crippen LogP contribution >= 0.6 is 11.3 Å². The quantitative estimate of drug-likeness (QED) is 0.221. The van der Waals surface area contributed by atoms with Crippen molar-refractivity contribution in [3.05, 3.63) is 87.9 Å². The fourth-order valence-electron chi connectivity index (χ4n) is 4.11. The second-order valence-corrected chi connectivity index (χ2v) is 10.5. The van der Waals surface area contributed by atoms with Gasteiger partial charge in [-0.15, -0.1) is 11.3 Å². The lowest BCUT2D eigenvalue weighted by molar-refractivity contribution is -0.121. The summed E-state index contributed by atoms with van der Waals surface area (Å²) < 4.78 is 0. The second-order valence-electron chi connectivity index (χ2n) is 9.57. The molecule has 9 heteroatoms. The second kappa shape index (κ2) is 15.5. The molecule has 2 aromatic carbocycles. The maximum atomic E-state index is 12.7. The molecule has 0 spiro atoms. The molecule has 0 saturated carbocycles. The van der Waals surface area contributed by atoms with E-state index < -0.39 is 6.03 Å². The fraction of sp³-hybridized carbons (Fsp3) is 0.379. The van der Waals surface area contributed by atoms with Crippen LogP contribution in [0.5, 0.6) is 0 Å². The highest BCUT2D eigenvalue weighted by Crippen LogP contribution is 2.19. The summed E-state index contributed by atoms with van der Waals surface area (Å²) >= 11 is 1.57. The van der Waals surface area contributed by atoms with Crippen molar-refractivity contribution < 1.29 is 14.4 Å². The molecule has 0 aliphatic heterocycles. The van der Waals surface area contributed by atoms with Crippen LogP contribution in [0.1, 0.15) is 54.4 Å². The van der Waals surface area contributed by atoms with Gasteiger partial charge in [0.2, 0.25) is 12.3 Å². The molecule has 4 N–H and O–H groups in total. The highest BCUT2D eigenvalue weighted by molar-refractivity contribution is 7.09. The fourth-order valence-corrected chi connectivity index (χ4v) is 4.94. The first-order valence-electron chi connectivity index (χ1n) is 13.0. The number of carbonyl (C=O) groups is 3. The maximum absolute atomic E-state index is 12.7. The lowest BCUT2D eigenvalue weighted by atomic mass is 9.96. The topological polar surface area (TPSA) is 112 Å². The normalized spacial score (nSPS) is 12.4. The summed E-state index contributed by atoms with van der Waals surface area (Å²) in [5, 5.41) is 14.3. The van der Waals surface area contributed by atoms with Crippen LogP contribution in [-0.2, 0) is 29.0 Å². The number of thiazole rings is 1. The van der Waals surface area contributed by atoms with Crippen molar-refractivity contribution in [2.75, 3.05) is 6.54 Å². The molecule has 8 nitrogen and oxygen atoms in total. The Bertz CT molecular complexity index is 1140. The van der Waals surface area contributed by atoms with Gasteiger partial charge in [-0.2, -0.15) is 0 Å². The average molecular weight is 536 g/mol. The zero-order chi connectivity index (χ0) is 27.2. The molecule has 38 heavy (non-hydrogen) atoms. The van der Waals surface area contributed by atoms with Crippen molar-refractivity contribution in [3.8, 4) is 0 Å². The lowest BCUT2D eigenvalue weighted by Gasteiger charge is -2.23. The Kier molecular flexibility index (Phi) is 11.8. The van der Waals surface area contributed by atoms with Gasteiger partial charge in [0, 0.05) is 23.4 Å². The van der Waals surface area contributed by atoms with E-state index >= 15 is 0 Å². The molecule has 0 fully saturated rings. The SMILES string of the molecule is CC(C)c1nc(CNC(=O)NCC(=O)NC(CCC(Cc2ccccc2)NC=O)Cc2ccccc2)cs1. The summed E-state index contributed by atoms with van der Waals surface area (Å²) in [7, 11) is 0. The Morgan fingerprint density at radius 2 is 1.50 bits per heavy atom. The molecule has 0 aliphatic rings. The van der Waals surface area contributed by atoms with Gasteiger partial charge < -0.3 is 21.3 Å². The van der Waals surface area contributed by atoms with E-state index in [1.54, 1.807) is 11.3 Å². The van der Waals surface area contributed by atoms with E-state index in [4.69, 9.17) is 0 Å². The van der Waals surface area contributed by atoms with Gasteiger partial charge in [0.15, 0.2) is 0 Å². The lowest BCUT2D eigenvalue weighted by Crippen LogP contribution is -2.45. The van der Waals surface area contributed by atoms with Crippen molar-refractivity contribution in [1.82, 2.24) is 26.3 Å². The summed E-state index contributed by atoms with van der Waals surface area (Å²) in [6, 6.07) is 19.3. The molecule has 3 rings (SSSR count). The molecule has 0 saturated heterocycles. The largest absolute Gasteiger partial charge is 0.356 e. The number of carbonyl (C=O) groups excluding carboxylic acids is 3. The third kappa shape index (κ3) is 10.3. The summed E-state index contributed by atoms with van der Waals surface area (Å²) in [5.74, 6) is 0.0812. The van der Waals surface area contributed by atoms with Crippen LogP contribution < -0.4 is 21.3 Å². The average Bonchev–Trinajstić information content (AvgIpc) is 3.40. The van der Waals surface area contributed by atoms with Crippen LogP contribution in [0, 0.1) is 0 Å². The molecule has 3 aromatic rings. The minimum atomic E-state index is -0.419. The predicted molar refractivity (Wildman–Crippen MR) is 151 cm³/mol. The number of benzene rings is 2.